The number of benzene rings is 1. The topological polar surface area (TPSA) is 109 Å². The van der Waals surface area contributed by atoms with E-state index in [-0.39, 0.29) is 16.7 Å². The molecule has 0 fully saturated rings. The van der Waals surface area contributed by atoms with Gasteiger partial charge in [-0.25, -0.2) is 13.4 Å². The number of sulfonamides is 1. The molecule has 1 atom stereocenters. The van der Waals surface area contributed by atoms with E-state index in [2.05, 4.69) is 14.1 Å². The summed E-state index contributed by atoms with van der Waals surface area (Å²) in [4.78, 5) is 15.2. The van der Waals surface area contributed by atoms with Crippen LogP contribution in [-0.2, 0) is 14.8 Å². The highest BCUT2D eigenvalue weighted by atomic mass is 32.2. The van der Waals surface area contributed by atoms with Gasteiger partial charge in [0.25, 0.3) is 10.0 Å². The largest absolute Gasteiger partial charge is 0.480 e. The third-order valence-electron chi connectivity index (χ3n) is 2.97. The molecule has 0 spiro atoms. The maximum Gasteiger partial charge on any atom is 0.321 e. The van der Waals surface area contributed by atoms with E-state index in [4.69, 9.17) is 5.11 Å². The first-order chi connectivity index (χ1) is 10.8. The first kappa shape index (κ1) is 17.5. The molecule has 2 N–H and O–H groups in total. The molecule has 0 amide bonds. The molecule has 0 unspecified atom stereocenters. The Bertz CT molecular complexity index is 772. The number of carboxylic acid groups (broad SMARTS) is 1. The van der Waals surface area contributed by atoms with Gasteiger partial charge in [0.15, 0.2) is 5.82 Å². The normalized spacial score (nSPS) is 13.2. The van der Waals surface area contributed by atoms with Gasteiger partial charge in [-0.3, -0.25) is 4.79 Å². The second-order valence-corrected chi connectivity index (χ2v) is 8.03. The Kier molecular flexibility index (Phi) is 5.45. The van der Waals surface area contributed by atoms with Crippen LogP contribution in [0.15, 0.2) is 34.7 Å². The second-order valence-electron chi connectivity index (χ2n) is 5.39. The van der Waals surface area contributed by atoms with Crippen molar-refractivity contribution in [2.24, 2.45) is 5.92 Å². The summed E-state index contributed by atoms with van der Waals surface area (Å²) >= 11 is 0.719. The van der Waals surface area contributed by atoms with Crippen molar-refractivity contribution >= 4 is 27.5 Å². The van der Waals surface area contributed by atoms with Crippen molar-refractivity contribution in [3.8, 4) is 11.4 Å². The number of carboxylic acids is 1. The fraction of sp³-hybridized carbons (Fsp3) is 0.357. The number of hydrogen-bond donors (Lipinski definition) is 2. The van der Waals surface area contributed by atoms with E-state index in [9.17, 15) is 13.2 Å². The highest BCUT2D eigenvalue weighted by molar-refractivity contribution is 7.91. The van der Waals surface area contributed by atoms with Crippen LogP contribution in [-0.4, -0.2) is 34.9 Å². The van der Waals surface area contributed by atoms with Gasteiger partial charge in [0, 0.05) is 5.56 Å². The van der Waals surface area contributed by atoms with Gasteiger partial charge < -0.3 is 5.11 Å². The number of carbonyl (C=O) groups is 1. The smallest absolute Gasteiger partial charge is 0.321 e. The third-order valence-corrected chi connectivity index (χ3v) is 5.51. The van der Waals surface area contributed by atoms with Crippen molar-refractivity contribution in [3.63, 3.8) is 0 Å². The minimum atomic E-state index is -4.02. The molecule has 124 valence electrons. The summed E-state index contributed by atoms with van der Waals surface area (Å²) in [5, 5.41) is 9.16. The quantitative estimate of drug-likeness (QED) is 0.786. The minimum Gasteiger partial charge on any atom is -0.480 e. The standard InChI is InChI=1S/C14H17N3O4S2/c1-9(2)8-11(13(18)19)17-23(20,21)14-15-12(16-22-14)10-6-4-3-5-7-10/h3-7,9,11,17H,8H2,1-2H3,(H,18,19)/t11-/m0/s1. The molecule has 0 saturated carbocycles. The summed E-state index contributed by atoms with van der Waals surface area (Å²) in [6.07, 6.45) is 0.193. The summed E-state index contributed by atoms with van der Waals surface area (Å²) in [5.41, 5.74) is 0.696. The van der Waals surface area contributed by atoms with Crippen molar-refractivity contribution in [3.05, 3.63) is 30.3 Å². The van der Waals surface area contributed by atoms with E-state index in [0.29, 0.717) is 11.4 Å². The van der Waals surface area contributed by atoms with Crippen molar-refractivity contribution in [1.29, 1.82) is 0 Å². The second kappa shape index (κ2) is 7.16. The van der Waals surface area contributed by atoms with Gasteiger partial charge in [-0.1, -0.05) is 44.2 Å². The van der Waals surface area contributed by atoms with E-state index in [1.165, 1.54) is 0 Å². The lowest BCUT2D eigenvalue weighted by atomic mass is 10.1. The highest BCUT2D eigenvalue weighted by Crippen LogP contribution is 2.21. The Morgan fingerprint density at radius 3 is 2.52 bits per heavy atom. The Morgan fingerprint density at radius 2 is 1.96 bits per heavy atom. The van der Waals surface area contributed by atoms with Gasteiger partial charge in [-0.05, 0) is 23.9 Å². The fourth-order valence-corrected chi connectivity index (χ4v) is 3.90. The molecule has 1 aromatic heterocycles. The summed E-state index contributed by atoms with van der Waals surface area (Å²) in [7, 11) is -4.02. The zero-order valence-corrected chi connectivity index (χ0v) is 14.3. The number of nitrogens with one attached hydrogen (secondary N) is 1. The van der Waals surface area contributed by atoms with Crippen molar-refractivity contribution in [2.45, 2.75) is 30.6 Å². The predicted molar refractivity (Wildman–Crippen MR) is 86.5 cm³/mol. The zero-order valence-electron chi connectivity index (χ0n) is 12.6. The van der Waals surface area contributed by atoms with E-state index < -0.39 is 22.0 Å². The molecule has 0 aliphatic rings. The Hall–Kier alpha value is -1.84. The lowest BCUT2D eigenvalue weighted by molar-refractivity contribution is -0.139. The van der Waals surface area contributed by atoms with Gasteiger partial charge in [0.05, 0.1) is 0 Å². The van der Waals surface area contributed by atoms with Crippen LogP contribution in [0.2, 0.25) is 0 Å². The van der Waals surface area contributed by atoms with Gasteiger partial charge in [-0.2, -0.15) is 9.10 Å². The maximum absolute atomic E-state index is 12.3. The molecule has 1 heterocycles. The molecule has 0 aliphatic heterocycles. The van der Waals surface area contributed by atoms with E-state index >= 15 is 0 Å². The number of aliphatic carboxylic acids is 1. The summed E-state index contributed by atoms with van der Waals surface area (Å²) in [5.74, 6) is -0.880. The molecule has 0 radical (unpaired) electrons. The van der Waals surface area contributed by atoms with E-state index in [0.717, 1.165) is 11.5 Å². The van der Waals surface area contributed by atoms with Crippen LogP contribution in [0, 0.1) is 5.92 Å². The molecule has 9 heteroatoms. The van der Waals surface area contributed by atoms with Crippen LogP contribution in [0.25, 0.3) is 11.4 Å². The summed E-state index contributed by atoms with van der Waals surface area (Å²) < 4.78 is 30.6. The van der Waals surface area contributed by atoms with Crippen LogP contribution in [0.1, 0.15) is 20.3 Å². The van der Waals surface area contributed by atoms with Gasteiger partial charge in [0.2, 0.25) is 4.34 Å². The molecule has 7 nitrogen and oxygen atoms in total. The average molecular weight is 355 g/mol. The summed E-state index contributed by atoms with van der Waals surface area (Å²) in [6.45, 7) is 3.64. The average Bonchev–Trinajstić information content (AvgIpc) is 2.97. The molecule has 0 aliphatic carbocycles. The molecule has 0 bridgehead atoms. The van der Waals surface area contributed by atoms with E-state index in [1.807, 2.05) is 19.9 Å². The monoisotopic (exact) mass is 355 g/mol. The van der Waals surface area contributed by atoms with E-state index in [1.54, 1.807) is 24.3 Å². The molecule has 23 heavy (non-hydrogen) atoms. The Balaban J connectivity index is 2.23. The van der Waals surface area contributed by atoms with Crippen molar-refractivity contribution in [1.82, 2.24) is 14.1 Å². The summed E-state index contributed by atoms with van der Waals surface area (Å²) in [6, 6.07) is 7.77. The lowest BCUT2D eigenvalue weighted by Gasteiger charge is -2.15. The minimum absolute atomic E-state index is 0.0353. The SMILES string of the molecule is CC(C)C[C@H](NS(=O)(=O)c1nc(-c2ccccc2)ns1)C(=O)O. The van der Waals surface area contributed by atoms with Crippen LogP contribution >= 0.6 is 11.5 Å². The molecular weight excluding hydrogens is 338 g/mol. The molecule has 2 rings (SSSR count). The van der Waals surface area contributed by atoms with Gasteiger partial charge in [-0.15, -0.1) is 0 Å². The number of rotatable bonds is 7. The first-order valence-corrected chi connectivity index (χ1v) is 9.19. The lowest BCUT2D eigenvalue weighted by Crippen LogP contribution is -2.41. The molecule has 1 aromatic carbocycles. The number of nitrogens with zero attached hydrogens (tertiary/aromatic N) is 2. The van der Waals surface area contributed by atoms with Crippen LogP contribution < -0.4 is 4.72 Å². The van der Waals surface area contributed by atoms with Gasteiger partial charge in [0.1, 0.15) is 6.04 Å². The number of aromatic nitrogens is 2. The van der Waals surface area contributed by atoms with Crippen molar-refractivity contribution in [2.75, 3.05) is 0 Å². The molecular formula is C14H17N3O4S2. The number of hydrogen-bond acceptors (Lipinski definition) is 6. The molecule has 2 aromatic rings. The molecule has 0 saturated heterocycles. The van der Waals surface area contributed by atoms with Crippen LogP contribution in [0.3, 0.4) is 0 Å². The van der Waals surface area contributed by atoms with Crippen LogP contribution in [0.4, 0.5) is 0 Å². The highest BCUT2D eigenvalue weighted by Gasteiger charge is 2.28. The zero-order chi connectivity index (χ0) is 17.0. The van der Waals surface area contributed by atoms with Gasteiger partial charge >= 0.3 is 5.97 Å². The first-order valence-electron chi connectivity index (χ1n) is 6.94. The maximum atomic E-state index is 12.3. The predicted octanol–water partition coefficient (Wildman–Crippen LogP) is 1.98. The van der Waals surface area contributed by atoms with Crippen LogP contribution in [0.5, 0.6) is 0 Å². The Morgan fingerprint density at radius 1 is 1.30 bits per heavy atom. The third kappa shape index (κ3) is 4.57. The fourth-order valence-electron chi connectivity index (χ4n) is 1.93. The Labute approximate surface area is 138 Å². The van der Waals surface area contributed by atoms with Crippen molar-refractivity contribution < 1.29 is 18.3 Å².